The SMILES string of the molecule is O=C(NCc1ccncc1)[C@@H]1CCCN1C(=O)[C@@H]1CCCN1C(=O)c1ccccc1Cl. The highest BCUT2D eigenvalue weighted by Crippen LogP contribution is 2.28. The molecule has 31 heavy (non-hydrogen) atoms. The molecule has 1 N–H and O–H groups in total. The van der Waals surface area contributed by atoms with Crippen molar-refractivity contribution in [2.24, 2.45) is 0 Å². The smallest absolute Gasteiger partial charge is 0.256 e. The number of amides is 3. The molecule has 2 atom stereocenters. The number of hydrogen-bond acceptors (Lipinski definition) is 4. The van der Waals surface area contributed by atoms with Crippen LogP contribution in [-0.4, -0.2) is 57.7 Å². The summed E-state index contributed by atoms with van der Waals surface area (Å²) in [5.74, 6) is -0.552. The molecule has 0 radical (unpaired) electrons. The van der Waals surface area contributed by atoms with Crippen LogP contribution in [0.5, 0.6) is 0 Å². The van der Waals surface area contributed by atoms with Crippen molar-refractivity contribution in [1.82, 2.24) is 20.1 Å². The first-order chi connectivity index (χ1) is 15.1. The summed E-state index contributed by atoms with van der Waals surface area (Å²) in [7, 11) is 0. The second-order valence-electron chi connectivity index (χ2n) is 7.90. The van der Waals surface area contributed by atoms with Crippen LogP contribution < -0.4 is 5.32 Å². The molecule has 2 aliphatic rings. The average molecular weight is 441 g/mol. The molecule has 162 valence electrons. The number of carbonyl (C=O) groups excluding carboxylic acids is 3. The minimum Gasteiger partial charge on any atom is -0.350 e. The molecule has 2 aromatic rings. The van der Waals surface area contributed by atoms with Crippen LogP contribution in [-0.2, 0) is 16.1 Å². The van der Waals surface area contributed by atoms with Gasteiger partial charge in [-0.05, 0) is 55.5 Å². The van der Waals surface area contributed by atoms with Crippen LogP contribution in [0.4, 0.5) is 0 Å². The Morgan fingerprint density at radius 1 is 0.968 bits per heavy atom. The number of nitrogens with one attached hydrogen (secondary N) is 1. The first kappa shape index (κ1) is 21.3. The fourth-order valence-corrected chi connectivity index (χ4v) is 4.57. The highest BCUT2D eigenvalue weighted by Gasteiger charge is 2.42. The van der Waals surface area contributed by atoms with E-state index >= 15 is 0 Å². The van der Waals surface area contributed by atoms with E-state index in [0.717, 1.165) is 18.4 Å². The fraction of sp³-hybridized carbons (Fsp3) is 0.391. The number of pyridine rings is 1. The van der Waals surface area contributed by atoms with Crippen LogP contribution in [0.15, 0.2) is 48.8 Å². The number of carbonyl (C=O) groups is 3. The van der Waals surface area contributed by atoms with E-state index in [1.165, 1.54) is 0 Å². The third-order valence-corrected chi connectivity index (χ3v) is 6.29. The number of hydrogen-bond donors (Lipinski definition) is 1. The Hall–Kier alpha value is -2.93. The summed E-state index contributed by atoms with van der Waals surface area (Å²) in [5, 5.41) is 3.30. The number of aromatic nitrogens is 1. The molecule has 0 bridgehead atoms. The third-order valence-electron chi connectivity index (χ3n) is 5.96. The Balaban J connectivity index is 1.44. The van der Waals surface area contributed by atoms with Gasteiger partial charge in [0.2, 0.25) is 11.8 Å². The molecular formula is C23H25ClN4O3. The van der Waals surface area contributed by atoms with Crippen LogP contribution >= 0.6 is 11.6 Å². The van der Waals surface area contributed by atoms with E-state index in [4.69, 9.17) is 11.6 Å². The van der Waals surface area contributed by atoms with E-state index in [1.54, 1.807) is 46.5 Å². The Morgan fingerprint density at radius 2 is 1.65 bits per heavy atom. The molecule has 7 nitrogen and oxygen atoms in total. The molecule has 2 saturated heterocycles. The first-order valence-corrected chi connectivity index (χ1v) is 11.0. The minimum atomic E-state index is -0.558. The first-order valence-electron chi connectivity index (χ1n) is 10.6. The molecule has 0 spiro atoms. The summed E-state index contributed by atoms with van der Waals surface area (Å²) in [6.45, 7) is 1.42. The van der Waals surface area contributed by atoms with E-state index in [-0.39, 0.29) is 17.7 Å². The molecular weight excluding hydrogens is 416 g/mol. The number of nitrogens with zero attached hydrogens (tertiary/aromatic N) is 3. The molecule has 0 aliphatic carbocycles. The Labute approximate surface area is 186 Å². The topological polar surface area (TPSA) is 82.6 Å². The van der Waals surface area contributed by atoms with Gasteiger partial charge in [-0.1, -0.05) is 23.7 Å². The quantitative estimate of drug-likeness (QED) is 0.774. The summed E-state index contributed by atoms with van der Waals surface area (Å²) >= 11 is 6.20. The normalized spacial score (nSPS) is 20.7. The van der Waals surface area contributed by atoms with Crippen molar-refractivity contribution in [2.45, 2.75) is 44.3 Å². The molecule has 4 rings (SSSR count). The number of rotatable bonds is 5. The lowest BCUT2D eigenvalue weighted by Crippen LogP contribution is -2.52. The average Bonchev–Trinajstić information content (AvgIpc) is 3.47. The highest BCUT2D eigenvalue weighted by molar-refractivity contribution is 6.33. The van der Waals surface area contributed by atoms with Crippen LogP contribution in [0.3, 0.4) is 0 Å². The van der Waals surface area contributed by atoms with E-state index in [9.17, 15) is 14.4 Å². The molecule has 1 aromatic heterocycles. The molecule has 2 aliphatic heterocycles. The van der Waals surface area contributed by atoms with Gasteiger partial charge in [-0.3, -0.25) is 19.4 Å². The number of halogens is 1. The largest absolute Gasteiger partial charge is 0.350 e. The van der Waals surface area contributed by atoms with Crippen LogP contribution in [0, 0.1) is 0 Å². The Morgan fingerprint density at radius 3 is 2.39 bits per heavy atom. The maximum atomic E-state index is 13.4. The van der Waals surface area contributed by atoms with Gasteiger partial charge in [-0.15, -0.1) is 0 Å². The summed E-state index contributed by atoms with van der Waals surface area (Å²) in [5.41, 5.74) is 1.35. The molecule has 8 heteroatoms. The zero-order chi connectivity index (χ0) is 21.8. The second-order valence-corrected chi connectivity index (χ2v) is 8.31. The van der Waals surface area contributed by atoms with Gasteiger partial charge >= 0.3 is 0 Å². The molecule has 2 fully saturated rings. The van der Waals surface area contributed by atoms with Gasteiger partial charge in [0.05, 0.1) is 10.6 Å². The summed E-state index contributed by atoms with van der Waals surface area (Å²) < 4.78 is 0. The van der Waals surface area contributed by atoms with E-state index < -0.39 is 12.1 Å². The predicted octanol–water partition coefficient (Wildman–Crippen LogP) is 2.65. The lowest BCUT2D eigenvalue weighted by atomic mass is 10.1. The fourth-order valence-electron chi connectivity index (χ4n) is 4.36. The maximum Gasteiger partial charge on any atom is 0.256 e. The van der Waals surface area contributed by atoms with Gasteiger partial charge in [0.15, 0.2) is 0 Å². The van der Waals surface area contributed by atoms with E-state index in [0.29, 0.717) is 43.1 Å². The second kappa shape index (κ2) is 9.47. The lowest BCUT2D eigenvalue weighted by Gasteiger charge is -2.31. The maximum absolute atomic E-state index is 13.4. The van der Waals surface area contributed by atoms with Crippen LogP contribution in [0.2, 0.25) is 5.02 Å². The van der Waals surface area contributed by atoms with Crippen molar-refractivity contribution < 1.29 is 14.4 Å². The summed E-state index contributed by atoms with van der Waals surface area (Å²) in [6, 6.07) is 9.50. The van der Waals surface area contributed by atoms with Crippen molar-refractivity contribution in [1.29, 1.82) is 0 Å². The van der Waals surface area contributed by atoms with E-state index in [1.807, 2.05) is 12.1 Å². The predicted molar refractivity (Wildman–Crippen MR) is 116 cm³/mol. The zero-order valence-electron chi connectivity index (χ0n) is 17.2. The minimum absolute atomic E-state index is 0.153. The monoisotopic (exact) mass is 440 g/mol. The van der Waals surface area contributed by atoms with Gasteiger partial charge in [0, 0.05) is 32.0 Å². The standard InChI is InChI=1S/C23H25ClN4O3/c24-18-6-2-1-5-17(18)22(30)28-14-4-8-20(28)23(31)27-13-3-7-19(27)21(29)26-15-16-9-11-25-12-10-16/h1-2,5-6,9-12,19-20H,3-4,7-8,13-15H2,(H,26,29)/t19-,20-/m0/s1. The number of likely N-dealkylation sites (tertiary alicyclic amines) is 2. The summed E-state index contributed by atoms with van der Waals surface area (Å²) in [6.07, 6.45) is 6.09. The van der Waals surface area contributed by atoms with Gasteiger partial charge in [-0.25, -0.2) is 0 Å². The number of benzene rings is 1. The van der Waals surface area contributed by atoms with Crippen molar-refractivity contribution in [2.75, 3.05) is 13.1 Å². The molecule has 3 amide bonds. The third kappa shape index (κ3) is 4.56. The van der Waals surface area contributed by atoms with Crippen LogP contribution in [0.1, 0.15) is 41.6 Å². The van der Waals surface area contributed by atoms with Crippen molar-refractivity contribution in [3.05, 3.63) is 64.9 Å². The summed E-state index contributed by atoms with van der Waals surface area (Å²) in [4.78, 5) is 46.5. The molecule has 3 heterocycles. The van der Waals surface area contributed by atoms with Crippen molar-refractivity contribution in [3.63, 3.8) is 0 Å². The Kier molecular flexibility index (Phi) is 6.51. The van der Waals surface area contributed by atoms with E-state index in [2.05, 4.69) is 10.3 Å². The van der Waals surface area contributed by atoms with Gasteiger partial charge in [0.25, 0.3) is 5.91 Å². The van der Waals surface area contributed by atoms with Crippen molar-refractivity contribution >= 4 is 29.3 Å². The zero-order valence-corrected chi connectivity index (χ0v) is 17.9. The van der Waals surface area contributed by atoms with Crippen LogP contribution in [0.25, 0.3) is 0 Å². The van der Waals surface area contributed by atoms with Gasteiger partial charge in [0.1, 0.15) is 12.1 Å². The highest BCUT2D eigenvalue weighted by atomic mass is 35.5. The molecule has 1 aromatic carbocycles. The van der Waals surface area contributed by atoms with Gasteiger partial charge in [-0.2, -0.15) is 0 Å². The molecule has 0 unspecified atom stereocenters. The Bertz CT molecular complexity index is 968. The van der Waals surface area contributed by atoms with Crippen molar-refractivity contribution in [3.8, 4) is 0 Å². The molecule has 0 saturated carbocycles. The van der Waals surface area contributed by atoms with Gasteiger partial charge < -0.3 is 15.1 Å². The lowest BCUT2D eigenvalue weighted by molar-refractivity contribution is -0.141.